The Hall–Kier alpha value is -5.84. The number of esters is 1. The van der Waals surface area contributed by atoms with Crippen molar-refractivity contribution in [1.82, 2.24) is 19.4 Å². The molecule has 2 aromatic heterocycles. The first kappa shape index (κ1) is 36.2. The Morgan fingerprint density at radius 1 is 1.02 bits per heavy atom. The normalized spacial score (nSPS) is 18.5. The topological polar surface area (TPSA) is 178 Å². The van der Waals surface area contributed by atoms with Gasteiger partial charge < -0.3 is 19.3 Å². The third kappa shape index (κ3) is 6.45. The molecular formula is C39H35FN6O8S. The van der Waals surface area contributed by atoms with Crippen LogP contribution in [0.3, 0.4) is 0 Å². The number of cyclic esters (lactones) is 1. The summed E-state index contributed by atoms with van der Waals surface area (Å²) < 4.78 is 51.8. The van der Waals surface area contributed by atoms with E-state index in [9.17, 15) is 37.6 Å². The van der Waals surface area contributed by atoms with Crippen molar-refractivity contribution in [3.05, 3.63) is 133 Å². The SMILES string of the molecule is CC[C@@]1(O)C(=O)OCc2c1cc1n(c2=O)Cc2c-1nc1ccccc1c2CN1CCN(/C(Cc2ccc(F)cc2)=N\S(=O)(=O)c2ccc([N+](=O)[O-])cc2)CC1. The summed E-state index contributed by atoms with van der Waals surface area (Å²) in [5, 5.41) is 23.4. The number of aliphatic hydroxyl groups is 1. The molecule has 3 aliphatic rings. The molecule has 5 aromatic rings. The number of rotatable bonds is 8. The predicted octanol–water partition coefficient (Wildman–Crippen LogP) is 4.27. The second kappa shape index (κ2) is 13.8. The number of hydrogen-bond acceptors (Lipinski definition) is 10. The molecule has 1 fully saturated rings. The summed E-state index contributed by atoms with van der Waals surface area (Å²) in [7, 11) is -4.26. The van der Waals surface area contributed by atoms with Crippen LogP contribution in [0.4, 0.5) is 10.1 Å². The molecule has 0 bridgehead atoms. The van der Waals surface area contributed by atoms with E-state index in [4.69, 9.17) is 9.72 Å². The number of nitro benzene ring substituents is 1. The van der Waals surface area contributed by atoms with Gasteiger partial charge in [0.25, 0.3) is 21.3 Å². The lowest BCUT2D eigenvalue weighted by molar-refractivity contribution is -0.384. The highest BCUT2D eigenvalue weighted by atomic mass is 32.2. The first-order chi connectivity index (χ1) is 26.4. The average Bonchev–Trinajstić information content (AvgIpc) is 3.56. The van der Waals surface area contributed by atoms with Gasteiger partial charge in [-0.15, -0.1) is 4.40 Å². The molecule has 5 heterocycles. The van der Waals surface area contributed by atoms with Crippen LogP contribution in [0.25, 0.3) is 22.3 Å². The van der Waals surface area contributed by atoms with E-state index in [1.165, 1.54) is 12.1 Å². The van der Waals surface area contributed by atoms with Crippen LogP contribution in [0, 0.1) is 15.9 Å². The van der Waals surface area contributed by atoms with Crippen LogP contribution in [0.15, 0.2) is 93.0 Å². The number of halogens is 1. The van der Waals surface area contributed by atoms with Gasteiger partial charge in [-0.25, -0.2) is 14.2 Å². The smallest absolute Gasteiger partial charge is 0.343 e. The molecule has 0 aliphatic carbocycles. The second-order valence-electron chi connectivity index (χ2n) is 13.8. The van der Waals surface area contributed by atoms with Crippen LogP contribution in [0.5, 0.6) is 0 Å². The Morgan fingerprint density at radius 3 is 2.42 bits per heavy atom. The number of amidine groups is 1. The maximum atomic E-state index is 13.9. The minimum atomic E-state index is -4.26. The molecule has 0 radical (unpaired) electrons. The summed E-state index contributed by atoms with van der Waals surface area (Å²) in [6.45, 7) is 4.05. The highest BCUT2D eigenvalue weighted by molar-refractivity contribution is 7.90. The highest BCUT2D eigenvalue weighted by Crippen LogP contribution is 2.40. The van der Waals surface area contributed by atoms with Gasteiger partial charge in [-0.05, 0) is 53.9 Å². The van der Waals surface area contributed by atoms with E-state index >= 15 is 0 Å². The van der Waals surface area contributed by atoms with Crippen molar-refractivity contribution >= 4 is 38.4 Å². The lowest BCUT2D eigenvalue weighted by Gasteiger charge is -2.37. The third-order valence-corrected chi connectivity index (χ3v) is 12.0. The molecule has 8 rings (SSSR count). The molecule has 1 N–H and O–H groups in total. The zero-order valence-corrected chi connectivity index (χ0v) is 30.5. The van der Waals surface area contributed by atoms with Crippen LogP contribution in [-0.2, 0) is 51.3 Å². The summed E-state index contributed by atoms with van der Waals surface area (Å²) in [5.74, 6) is -0.956. The van der Waals surface area contributed by atoms with Gasteiger partial charge in [0.2, 0.25) is 0 Å². The number of nitrogens with zero attached hydrogens (tertiary/aromatic N) is 6. The maximum absolute atomic E-state index is 13.9. The van der Waals surface area contributed by atoms with Gasteiger partial charge in [-0.1, -0.05) is 37.3 Å². The number of fused-ring (bicyclic) bond motifs is 5. The molecule has 0 spiro atoms. The molecule has 0 amide bonds. The minimum absolute atomic E-state index is 0.0380. The first-order valence-corrected chi connectivity index (χ1v) is 19.2. The maximum Gasteiger partial charge on any atom is 0.343 e. The standard InChI is InChI=1S/C39H35FN6O8S/c1-2-39(49)32-20-34-36-30(22-45(34)37(47)31(32)23-54-38(39)48)29(28-5-3-4-6-33(28)41-36)21-43-15-17-44(18-16-43)35(19-24-7-9-25(40)10-8-24)42-55(52,53)27-13-11-26(12-14-27)46(50)51/h3-14,20,49H,2,15-19,21-23H2,1H3/b42-35-/t39-/m0/s1. The van der Waals surface area contributed by atoms with Crippen molar-refractivity contribution in [3.8, 4) is 11.4 Å². The molecule has 0 unspecified atom stereocenters. The number of pyridine rings is 2. The summed E-state index contributed by atoms with van der Waals surface area (Å²) >= 11 is 0. The van der Waals surface area contributed by atoms with E-state index in [-0.39, 0.29) is 59.1 Å². The Kier molecular flexibility index (Phi) is 9.06. The number of ether oxygens (including phenoxy) is 1. The van der Waals surface area contributed by atoms with E-state index in [1.54, 1.807) is 29.7 Å². The predicted molar refractivity (Wildman–Crippen MR) is 199 cm³/mol. The average molecular weight is 767 g/mol. The Bertz CT molecular complexity index is 2590. The van der Waals surface area contributed by atoms with Crippen LogP contribution in [0.1, 0.15) is 41.2 Å². The Balaban J connectivity index is 1.10. The quantitative estimate of drug-likeness (QED) is 0.0770. The van der Waals surface area contributed by atoms with Crippen molar-refractivity contribution in [1.29, 1.82) is 0 Å². The van der Waals surface area contributed by atoms with Gasteiger partial charge in [-0.3, -0.25) is 19.8 Å². The summed E-state index contributed by atoms with van der Waals surface area (Å²) in [6, 6.07) is 19.7. The number of sulfonamides is 1. The Morgan fingerprint density at radius 2 is 1.73 bits per heavy atom. The number of hydrogen-bond donors (Lipinski definition) is 1. The number of aromatic nitrogens is 2. The fourth-order valence-corrected chi connectivity index (χ4v) is 8.64. The van der Waals surface area contributed by atoms with Crippen LogP contribution in [-0.4, -0.2) is 75.8 Å². The minimum Gasteiger partial charge on any atom is -0.458 e. The molecule has 0 saturated carbocycles. The lowest BCUT2D eigenvalue weighted by Crippen LogP contribution is -2.49. The lowest BCUT2D eigenvalue weighted by atomic mass is 9.86. The van der Waals surface area contributed by atoms with Crippen molar-refractivity contribution in [3.63, 3.8) is 0 Å². The first-order valence-electron chi connectivity index (χ1n) is 17.7. The summed E-state index contributed by atoms with van der Waals surface area (Å²) in [6.07, 6.45) is 0.145. The van der Waals surface area contributed by atoms with E-state index in [2.05, 4.69) is 9.30 Å². The molecule has 14 nitrogen and oxygen atoms in total. The number of para-hydroxylation sites is 1. The van der Waals surface area contributed by atoms with E-state index < -0.39 is 32.3 Å². The number of carbonyl (C=O) groups is 1. The number of nitro groups is 1. The van der Waals surface area contributed by atoms with Crippen LogP contribution in [0.2, 0.25) is 0 Å². The van der Waals surface area contributed by atoms with Gasteiger partial charge >= 0.3 is 5.97 Å². The summed E-state index contributed by atoms with van der Waals surface area (Å²) in [5.41, 5.74) is 2.32. The zero-order chi connectivity index (χ0) is 38.6. The zero-order valence-electron chi connectivity index (χ0n) is 29.6. The van der Waals surface area contributed by atoms with Crippen molar-refractivity contribution in [2.75, 3.05) is 26.2 Å². The van der Waals surface area contributed by atoms with Gasteiger partial charge in [-0.2, -0.15) is 8.42 Å². The highest BCUT2D eigenvalue weighted by Gasteiger charge is 2.45. The molecule has 3 aliphatic heterocycles. The molecule has 1 saturated heterocycles. The molecule has 1 atom stereocenters. The molecule has 282 valence electrons. The van der Waals surface area contributed by atoms with Gasteiger partial charge in [0.05, 0.1) is 38.8 Å². The van der Waals surface area contributed by atoms with Gasteiger partial charge in [0.15, 0.2) is 5.60 Å². The largest absolute Gasteiger partial charge is 0.458 e. The second-order valence-corrected chi connectivity index (χ2v) is 15.4. The fraction of sp³-hybridized carbons (Fsp3) is 0.282. The number of carbonyl (C=O) groups excluding carboxylic acids is 1. The molecule has 55 heavy (non-hydrogen) atoms. The van der Waals surface area contributed by atoms with E-state index in [1.807, 2.05) is 29.2 Å². The molecule has 16 heteroatoms. The molecular weight excluding hydrogens is 732 g/mol. The number of benzene rings is 3. The van der Waals surface area contributed by atoms with Crippen molar-refractivity contribution < 1.29 is 32.4 Å². The van der Waals surface area contributed by atoms with Crippen molar-refractivity contribution in [2.24, 2.45) is 4.40 Å². The Labute approximate surface area is 314 Å². The van der Waals surface area contributed by atoms with E-state index in [0.717, 1.165) is 46.3 Å². The van der Waals surface area contributed by atoms with Crippen LogP contribution >= 0.6 is 0 Å². The third-order valence-electron chi connectivity index (χ3n) is 10.7. The molecule has 3 aromatic carbocycles. The van der Waals surface area contributed by atoms with E-state index in [0.29, 0.717) is 49.7 Å². The van der Waals surface area contributed by atoms with Crippen LogP contribution < -0.4 is 5.56 Å². The van der Waals surface area contributed by atoms with Gasteiger partial charge in [0, 0.05) is 67.8 Å². The number of piperazine rings is 1. The van der Waals surface area contributed by atoms with Gasteiger partial charge in [0.1, 0.15) is 18.3 Å². The fourth-order valence-electron chi connectivity index (χ4n) is 7.60. The van der Waals surface area contributed by atoms with Crippen molar-refractivity contribution in [2.45, 2.75) is 50.0 Å². The monoisotopic (exact) mass is 766 g/mol. The summed E-state index contributed by atoms with van der Waals surface area (Å²) in [4.78, 5) is 46.0. The number of non-ortho nitro benzene ring substituents is 1.